The highest BCUT2D eigenvalue weighted by atomic mass is 32.2. The molecule has 0 aliphatic carbocycles. The van der Waals surface area contributed by atoms with Crippen LogP contribution in [0.15, 0.2) is 41.3 Å². The maximum absolute atomic E-state index is 12.9. The highest BCUT2D eigenvalue weighted by Gasteiger charge is 2.33. The third-order valence-electron chi connectivity index (χ3n) is 3.81. The van der Waals surface area contributed by atoms with Crippen LogP contribution < -0.4 is 0 Å². The van der Waals surface area contributed by atoms with Crippen molar-refractivity contribution in [2.45, 2.75) is 24.8 Å². The molecule has 1 aromatic heterocycles. The average molecular weight is 337 g/mol. The van der Waals surface area contributed by atoms with Gasteiger partial charge in [-0.25, -0.2) is 8.42 Å². The predicted octanol–water partition coefficient (Wildman–Crippen LogP) is 3.13. The summed E-state index contributed by atoms with van der Waals surface area (Å²) in [4.78, 5) is 2.30. The molecular formula is C16H19NO3S2. The van der Waals surface area contributed by atoms with Gasteiger partial charge >= 0.3 is 0 Å². The van der Waals surface area contributed by atoms with Crippen LogP contribution in [-0.4, -0.2) is 32.4 Å². The van der Waals surface area contributed by atoms with Crippen LogP contribution in [0.25, 0.3) is 0 Å². The second-order valence-corrected chi connectivity index (χ2v) is 8.78. The number of benzene rings is 1. The van der Waals surface area contributed by atoms with Crippen LogP contribution in [0.2, 0.25) is 0 Å². The molecule has 118 valence electrons. The van der Waals surface area contributed by atoms with Gasteiger partial charge in [0.15, 0.2) is 0 Å². The van der Waals surface area contributed by atoms with Crippen molar-refractivity contribution in [3.8, 4) is 0 Å². The zero-order chi connectivity index (χ0) is 15.7. The maximum atomic E-state index is 12.9. The quantitative estimate of drug-likeness (QED) is 0.864. The molecule has 1 saturated heterocycles. The van der Waals surface area contributed by atoms with Crippen molar-refractivity contribution in [3.63, 3.8) is 0 Å². The molecule has 1 fully saturated rings. The predicted molar refractivity (Wildman–Crippen MR) is 87.7 cm³/mol. The molecule has 2 heterocycles. The average Bonchev–Trinajstić information content (AvgIpc) is 2.88. The van der Waals surface area contributed by atoms with Crippen LogP contribution in [0.3, 0.4) is 0 Å². The second kappa shape index (κ2) is 6.12. The van der Waals surface area contributed by atoms with Crippen molar-refractivity contribution < 1.29 is 13.2 Å². The Bertz CT molecular complexity index is 753. The fourth-order valence-corrected chi connectivity index (χ4v) is 5.66. The summed E-state index contributed by atoms with van der Waals surface area (Å²) in [6.07, 6.45) is -0.204. The summed E-state index contributed by atoms with van der Waals surface area (Å²) in [5.41, 5.74) is 1.01. The molecule has 0 bridgehead atoms. The van der Waals surface area contributed by atoms with Gasteiger partial charge < -0.3 is 4.74 Å². The van der Waals surface area contributed by atoms with Gasteiger partial charge in [0.1, 0.15) is 0 Å². The molecule has 1 aliphatic rings. The van der Waals surface area contributed by atoms with E-state index in [1.165, 1.54) is 11.3 Å². The number of hydrogen-bond donors (Lipinski definition) is 0. The van der Waals surface area contributed by atoms with Crippen LogP contribution in [0.5, 0.6) is 0 Å². The van der Waals surface area contributed by atoms with Crippen molar-refractivity contribution in [2.75, 3.05) is 19.7 Å². The summed E-state index contributed by atoms with van der Waals surface area (Å²) in [6, 6.07) is 11.5. The molecule has 1 aliphatic heterocycles. The van der Waals surface area contributed by atoms with Gasteiger partial charge in [0, 0.05) is 22.8 Å². The van der Waals surface area contributed by atoms with Gasteiger partial charge in [0.2, 0.25) is 10.0 Å². The lowest BCUT2D eigenvalue weighted by atomic mass is 10.1. The fourth-order valence-electron chi connectivity index (χ4n) is 2.72. The zero-order valence-corrected chi connectivity index (χ0v) is 14.3. The van der Waals surface area contributed by atoms with E-state index < -0.39 is 10.0 Å². The summed E-state index contributed by atoms with van der Waals surface area (Å²) >= 11 is 1.52. The fraction of sp³-hybridized carbons (Fsp3) is 0.375. The highest BCUT2D eigenvalue weighted by molar-refractivity contribution is 7.89. The number of aryl methyl sites for hydroxylation is 2. The standard InChI is InChI=1S/C16H19NO3S2/c1-12-10-16(13(2)21-12)22(18,19)17-8-9-20-15(11-17)14-6-4-3-5-7-14/h3-7,10,15H,8-9,11H2,1-2H3. The van der Waals surface area contributed by atoms with E-state index in [9.17, 15) is 8.42 Å². The summed E-state index contributed by atoms with van der Waals surface area (Å²) in [5, 5.41) is 0. The number of hydrogen-bond acceptors (Lipinski definition) is 4. The van der Waals surface area contributed by atoms with E-state index >= 15 is 0 Å². The Morgan fingerprint density at radius 3 is 2.59 bits per heavy atom. The number of morpholine rings is 1. The number of rotatable bonds is 3. The molecule has 3 rings (SSSR count). The summed E-state index contributed by atoms with van der Waals surface area (Å²) in [5.74, 6) is 0. The zero-order valence-electron chi connectivity index (χ0n) is 12.7. The maximum Gasteiger partial charge on any atom is 0.244 e. The third-order valence-corrected chi connectivity index (χ3v) is 6.90. The molecule has 0 N–H and O–H groups in total. The summed E-state index contributed by atoms with van der Waals surface area (Å²) < 4.78 is 33.1. The van der Waals surface area contributed by atoms with E-state index in [4.69, 9.17) is 4.74 Å². The first-order valence-electron chi connectivity index (χ1n) is 7.22. The minimum Gasteiger partial charge on any atom is -0.371 e. The van der Waals surface area contributed by atoms with E-state index in [1.54, 1.807) is 10.4 Å². The Morgan fingerprint density at radius 1 is 1.23 bits per heavy atom. The lowest BCUT2D eigenvalue weighted by Crippen LogP contribution is -2.42. The molecule has 6 heteroatoms. The summed E-state index contributed by atoms with van der Waals surface area (Å²) in [7, 11) is -3.45. The lowest BCUT2D eigenvalue weighted by Gasteiger charge is -2.32. The van der Waals surface area contributed by atoms with Gasteiger partial charge in [0.05, 0.1) is 17.6 Å². The van der Waals surface area contributed by atoms with Gasteiger partial charge in [-0.15, -0.1) is 11.3 Å². The Kier molecular flexibility index (Phi) is 4.36. The molecule has 0 amide bonds. The van der Waals surface area contributed by atoms with Gasteiger partial charge in [-0.3, -0.25) is 0 Å². The molecule has 1 atom stereocenters. The molecule has 0 radical (unpaired) electrons. The molecule has 1 unspecified atom stereocenters. The van der Waals surface area contributed by atoms with Crippen molar-refractivity contribution in [1.82, 2.24) is 4.31 Å². The normalized spacial score (nSPS) is 20.2. The van der Waals surface area contributed by atoms with Crippen LogP contribution in [-0.2, 0) is 14.8 Å². The largest absolute Gasteiger partial charge is 0.371 e. The van der Waals surface area contributed by atoms with Gasteiger partial charge in [-0.05, 0) is 25.5 Å². The first kappa shape index (κ1) is 15.7. The smallest absolute Gasteiger partial charge is 0.244 e. The number of thiophene rings is 1. The number of sulfonamides is 1. The van der Waals surface area contributed by atoms with E-state index in [0.29, 0.717) is 24.6 Å². The molecule has 0 spiro atoms. The van der Waals surface area contributed by atoms with E-state index in [2.05, 4.69) is 0 Å². The summed E-state index contributed by atoms with van der Waals surface area (Å²) in [6.45, 7) is 4.98. The Hall–Kier alpha value is -1.21. The van der Waals surface area contributed by atoms with Crippen molar-refractivity contribution in [1.29, 1.82) is 0 Å². The first-order valence-corrected chi connectivity index (χ1v) is 9.48. The van der Waals surface area contributed by atoms with E-state index in [-0.39, 0.29) is 6.10 Å². The van der Waals surface area contributed by atoms with Crippen LogP contribution >= 0.6 is 11.3 Å². The highest BCUT2D eigenvalue weighted by Crippen LogP contribution is 2.31. The second-order valence-electron chi connectivity index (χ2n) is 5.41. The minimum absolute atomic E-state index is 0.204. The topological polar surface area (TPSA) is 46.6 Å². The third kappa shape index (κ3) is 2.96. The monoisotopic (exact) mass is 337 g/mol. The van der Waals surface area contributed by atoms with Crippen molar-refractivity contribution in [3.05, 3.63) is 51.7 Å². The molecule has 4 nitrogen and oxygen atoms in total. The van der Waals surface area contributed by atoms with Gasteiger partial charge in [-0.1, -0.05) is 30.3 Å². The van der Waals surface area contributed by atoms with Gasteiger partial charge in [0.25, 0.3) is 0 Å². The lowest BCUT2D eigenvalue weighted by molar-refractivity contribution is -0.00255. The molecule has 0 saturated carbocycles. The molecular weight excluding hydrogens is 318 g/mol. The Morgan fingerprint density at radius 2 is 1.95 bits per heavy atom. The SMILES string of the molecule is Cc1cc(S(=O)(=O)N2CCOC(c3ccccc3)C2)c(C)s1. The minimum atomic E-state index is -3.45. The van der Waals surface area contributed by atoms with E-state index in [0.717, 1.165) is 15.3 Å². The number of nitrogens with zero attached hydrogens (tertiary/aromatic N) is 1. The molecule has 22 heavy (non-hydrogen) atoms. The van der Waals surface area contributed by atoms with Crippen molar-refractivity contribution in [2.24, 2.45) is 0 Å². The van der Waals surface area contributed by atoms with Crippen LogP contribution in [0, 0.1) is 13.8 Å². The molecule has 2 aromatic rings. The van der Waals surface area contributed by atoms with Crippen LogP contribution in [0.1, 0.15) is 21.4 Å². The Balaban J connectivity index is 1.87. The first-order chi connectivity index (χ1) is 10.5. The molecule has 1 aromatic carbocycles. The number of ether oxygens (including phenoxy) is 1. The van der Waals surface area contributed by atoms with E-state index in [1.807, 2.05) is 44.2 Å². The van der Waals surface area contributed by atoms with Crippen molar-refractivity contribution >= 4 is 21.4 Å². The van der Waals surface area contributed by atoms with Crippen LogP contribution in [0.4, 0.5) is 0 Å². The van der Waals surface area contributed by atoms with Gasteiger partial charge in [-0.2, -0.15) is 4.31 Å². The Labute approximate surface area is 135 Å².